The molecule has 0 saturated carbocycles. The minimum atomic E-state index is -0.154. The Morgan fingerprint density at radius 2 is 2.04 bits per heavy atom. The highest BCUT2D eigenvalue weighted by Crippen LogP contribution is 2.15. The number of piperidine rings is 1. The molecule has 5 nitrogen and oxygen atoms in total. The maximum Gasteiger partial charge on any atom is 0.252 e. The van der Waals surface area contributed by atoms with Gasteiger partial charge in [-0.1, -0.05) is 30.7 Å². The van der Waals surface area contributed by atoms with Crippen molar-refractivity contribution in [3.63, 3.8) is 0 Å². The van der Waals surface area contributed by atoms with Crippen LogP contribution in [0.25, 0.3) is 0 Å². The Morgan fingerprint density at radius 1 is 1.33 bits per heavy atom. The van der Waals surface area contributed by atoms with Gasteiger partial charge in [-0.2, -0.15) is 0 Å². The van der Waals surface area contributed by atoms with Crippen LogP contribution in [0, 0.1) is 5.92 Å². The third-order valence-corrected chi connectivity index (χ3v) is 4.31. The first-order valence-corrected chi connectivity index (χ1v) is 8.48. The zero-order valence-electron chi connectivity index (χ0n) is 14.2. The predicted octanol–water partition coefficient (Wildman–Crippen LogP) is 3.00. The summed E-state index contributed by atoms with van der Waals surface area (Å²) in [6, 6.07) is 7.05. The van der Waals surface area contributed by atoms with E-state index in [0.29, 0.717) is 29.6 Å². The summed E-state index contributed by atoms with van der Waals surface area (Å²) in [7, 11) is 1.80. The second-order valence-corrected chi connectivity index (χ2v) is 6.31. The molecule has 24 heavy (non-hydrogen) atoms. The van der Waals surface area contributed by atoms with Gasteiger partial charge >= 0.3 is 0 Å². The van der Waals surface area contributed by atoms with Crippen molar-refractivity contribution in [3.8, 4) is 0 Å². The van der Waals surface area contributed by atoms with Crippen molar-refractivity contribution < 1.29 is 4.79 Å². The van der Waals surface area contributed by atoms with Gasteiger partial charge in [0.2, 0.25) is 0 Å². The molecular weight excluding hydrogens is 439 g/mol. The van der Waals surface area contributed by atoms with E-state index in [2.05, 4.69) is 27.4 Å². The molecular formula is C17H26ClIN4O. The van der Waals surface area contributed by atoms with Crippen molar-refractivity contribution in [1.82, 2.24) is 15.5 Å². The number of guanidine groups is 1. The van der Waals surface area contributed by atoms with Gasteiger partial charge in [0, 0.05) is 33.2 Å². The van der Waals surface area contributed by atoms with E-state index in [1.807, 2.05) is 6.07 Å². The number of benzene rings is 1. The summed E-state index contributed by atoms with van der Waals surface area (Å²) in [5.41, 5.74) is 0.503. The lowest BCUT2D eigenvalue weighted by Crippen LogP contribution is -2.47. The highest BCUT2D eigenvalue weighted by atomic mass is 127. The van der Waals surface area contributed by atoms with E-state index in [-0.39, 0.29) is 29.9 Å². The zero-order chi connectivity index (χ0) is 16.7. The number of likely N-dealkylation sites (tertiary alicyclic amines) is 1. The molecule has 7 heteroatoms. The van der Waals surface area contributed by atoms with Gasteiger partial charge in [0.25, 0.3) is 5.91 Å². The van der Waals surface area contributed by atoms with Crippen molar-refractivity contribution in [3.05, 3.63) is 34.9 Å². The van der Waals surface area contributed by atoms with Crippen LogP contribution >= 0.6 is 35.6 Å². The molecule has 2 rings (SSSR count). The van der Waals surface area contributed by atoms with Crippen LogP contribution in [0.1, 0.15) is 30.1 Å². The third-order valence-electron chi connectivity index (χ3n) is 3.98. The largest absolute Gasteiger partial charge is 0.354 e. The first kappa shape index (κ1) is 21.0. The normalized spacial score (nSPS) is 17.9. The van der Waals surface area contributed by atoms with Crippen molar-refractivity contribution in [2.24, 2.45) is 10.9 Å². The number of nitrogens with one attached hydrogen (secondary N) is 2. The Morgan fingerprint density at radius 3 is 2.71 bits per heavy atom. The Kier molecular flexibility index (Phi) is 9.43. The van der Waals surface area contributed by atoms with E-state index in [4.69, 9.17) is 11.6 Å². The first-order valence-electron chi connectivity index (χ1n) is 8.10. The minimum absolute atomic E-state index is 0. The maximum atomic E-state index is 12.1. The summed E-state index contributed by atoms with van der Waals surface area (Å²) in [6.45, 7) is 5.49. The molecule has 1 heterocycles. The monoisotopic (exact) mass is 464 g/mol. The Hall–Kier alpha value is -1.02. The van der Waals surface area contributed by atoms with Gasteiger partial charge in [-0.3, -0.25) is 9.79 Å². The fourth-order valence-corrected chi connectivity index (χ4v) is 3.03. The quantitative estimate of drug-likeness (QED) is 0.312. The maximum absolute atomic E-state index is 12.1. The minimum Gasteiger partial charge on any atom is -0.354 e. The number of halogens is 2. The highest BCUT2D eigenvalue weighted by molar-refractivity contribution is 14.0. The summed E-state index contributed by atoms with van der Waals surface area (Å²) < 4.78 is 0. The number of hydrogen-bond donors (Lipinski definition) is 2. The number of aliphatic imine (C=N–C) groups is 1. The van der Waals surface area contributed by atoms with Crippen LogP contribution in [-0.4, -0.2) is 50.0 Å². The number of nitrogens with zero attached hydrogens (tertiary/aromatic N) is 2. The van der Waals surface area contributed by atoms with Crippen LogP contribution in [0.3, 0.4) is 0 Å². The van der Waals surface area contributed by atoms with Gasteiger partial charge in [0.05, 0.1) is 10.6 Å². The van der Waals surface area contributed by atoms with E-state index in [1.54, 1.807) is 25.2 Å². The van der Waals surface area contributed by atoms with Crippen molar-refractivity contribution in [2.75, 3.05) is 33.2 Å². The molecule has 0 radical (unpaired) electrons. The van der Waals surface area contributed by atoms with Gasteiger partial charge in [-0.15, -0.1) is 24.0 Å². The molecule has 0 bridgehead atoms. The lowest BCUT2D eigenvalue weighted by Gasteiger charge is -2.33. The zero-order valence-corrected chi connectivity index (χ0v) is 17.3. The smallest absolute Gasteiger partial charge is 0.252 e. The molecule has 1 aliphatic rings. The topological polar surface area (TPSA) is 56.7 Å². The molecule has 1 unspecified atom stereocenters. The summed E-state index contributed by atoms with van der Waals surface area (Å²) in [5.74, 6) is 1.45. The van der Waals surface area contributed by atoms with Gasteiger partial charge in [0.1, 0.15) is 0 Å². The third kappa shape index (κ3) is 6.12. The number of rotatable bonds is 4. The molecule has 1 aromatic rings. The molecule has 1 amide bonds. The van der Waals surface area contributed by atoms with Crippen LogP contribution in [0.4, 0.5) is 0 Å². The Labute approximate surface area is 166 Å². The molecule has 1 atom stereocenters. The molecule has 0 aromatic heterocycles. The van der Waals surface area contributed by atoms with Gasteiger partial charge in [-0.25, -0.2) is 0 Å². The molecule has 1 fully saturated rings. The number of hydrogen-bond acceptors (Lipinski definition) is 2. The lowest BCUT2D eigenvalue weighted by atomic mass is 10.0. The van der Waals surface area contributed by atoms with Crippen molar-refractivity contribution >= 4 is 47.4 Å². The van der Waals surface area contributed by atoms with E-state index in [1.165, 1.54) is 12.8 Å². The average molecular weight is 465 g/mol. The van der Waals surface area contributed by atoms with Crippen LogP contribution in [0.2, 0.25) is 5.02 Å². The van der Waals surface area contributed by atoms with E-state index in [9.17, 15) is 4.79 Å². The van der Waals surface area contributed by atoms with Crippen LogP contribution in [0.15, 0.2) is 29.3 Å². The number of amides is 1. The van der Waals surface area contributed by atoms with Gasteiger partial charge in [0.15, 0.2) is 5.96 Å². The highest BCUT2D eigenvalue weighted by Gasteiger charge is 2.18. The van der Waals surface area contributed by atoms with Crippen LogP contribution < -0.4 is 10.6 Å². The van der Waals surface area contributed by atoms with Gasteiger partial charge in [-0.05, 0) is 30.9 Å². The number of carbonyl (C=O) groups excluding carboxylic acids is 1. The number of carbonyl (C=O) groups is 1. The van der Waals surface area contributed by atoms with Crippen LogP contribution in [-0.2, 0) is 0 Å². The Bertz CT molecular complexity index is 567. The molecule has 2 N–H and O–H groups in total. The second-order valence-electron chi connectivity index (χ2n) is 5.90. The molecule has 1 aliphatic heterocycles. The van der Waals surface area contributed by atoms with Gasteiger partial charge < -0.3 is 15.5 Å². The van der Waals surface area contributed by atoms with E-state index < -0.39 is 0 Å². The van der Waals surface area contributed by atoms with E-state index in [0.717, 1.165) is 19.0 Å². The van der Waals surface area contributed by atoms with E-state index >= 15 is 0 Å². The summed E-state index contributed by atoms with van der Waals surface area (Å²) in [4.78, 5) is 18.7. The fourth-order valence-electron chi connectivity index (χ4n) is 2.80. The summed E-state index contributed by atoms with van der Waals surface area (Å²) in [5, 5.41) is 6.65. The SMILES string of the molecule is CN=C(NCCNC(=O)c1ccccc1Cl)N1CCCC(C)C1.I. The summed E-state index contributed by atoms with van der Waals surface area (Å²) >= 11 is 6.02. The second kappa shape index (κ2) is 10.8. The predicted molar refractivity (Wildman–Crippen MR) is 111 cm³/mol. The summed E-state index contributed by atoms with van der Waals surface area (Å²) in [6.07, 6.45) is 2.48. The molecule has 1 saturated heterocycles. The van der Waals surface area contributed by atoms with Crippen molar-refractivity contribution in [2.45, 2.75) is 19.8 Å². The molecule has 0 spiro atoms. The first-order chi connectivity index (χ1) is 11.1. The fraction of sp³-hybridized carbons (Fsp3) is 0.529. The van der Waals surface area contributed by atoms with Crippen molar-refractivity contribution in [1.29, 1.82) is 0 Å². The standard InChI is InChI=1S/C17H25ClN4O.HI/c1-13-6-5-11-22(12-13)17(19-2)21-10-9-20-16(23)14-7-3-4-8-15(14)18;/h3-4,7-8,13H,5-6,9-12H2,1-2H3,(H,19,21)(H,20,23);1H. The average Bonchev–Trinajstić information content (AvgIpc) is 2.55. The molecule has 134 valence electrons. The lowest BCUT2D eigenvalue weighted by molar-refractivity contribution is 0.0954. The van der Waals surface area contributed by atoms with Crippen LogP contribution in [0.5, 0.6) is 0 Å². The molecule has 1 aromatic carbocycles. The Balaban J connectivity index is 0.00000288. The molecule has 0 aliphatic carbocycles.